The summed E-state index contributed by atoms with van der Waals surface area (Å²) in [5.41, 5.74) is 21.7. The van der Waals surface area contributed by atoms with Crippen LogP contribution >= 0.6 is 0 Å². The molecular weight excluding hydrogens is 931 g/mol. The third kappa shape index (κ3) is 5.62. The summed E-state index contributed by atoms with van der Waals surface area (Å²) in [5.74, 6) is 1.54. The maximum atomic E-state index is 6.67. The van der Waals surface area contributed by atoms with Gasteiger partial charge >= 0.3 is 0 Å². The largest absolute Gasteiger partial charge is 0.456 e. The van der Waals surface area contributed by atoms with Gasteiger partial charge in [-0.3, -0.25) is 0 Å². The van der Waals surface area contributed by atoms with Crippen LogP contribution in [0.1, 0.15) is 22.3 Å². The molecule has 2 aliphatic rings. The van der Waals surface area contributed by atoms with E-state index in [0.717, 1.165) is 93.6 Å². The number of para-hydroxylation sites is 3. The van der Waals surface area contributed by atoms with E-state index >= 15 is 0 Å². The van der Waals surface area contributed by atoms with Crippen LogP contribution in [0.15, 0.2) is 250 Å². The molecule has 4 heterocycles. The number of benzene rings is 11. The average molecular weight is 970 g/mol. The van der Waals surface area contributed by atoms with E-state index in [4.69, 9.17) is 28.2 Å². The number of rotatable bonds is 5. The first-order chi connectivity index (χ1) is 37.7. The van der Waals surface area contributed by atoms with Crippen LogP contribution in [0.5, 0.6) is 0 Å². The van der Waals surface area contributed by atoms with Crippen LogP contribution < -0.4 is 0 Å². The molecule has 0 fully saturated rings. The van der Waals surface area contributed by atoms with Gasteiger partial charge in [-0.1, -0.05) is 194 Å². The predicted octanol–water partition coefficient (Wildman–Crippen LogP) is 18.2. The average Bonchev–Trinajstić information content (AvgIpc) is 4.31. The normalized spacial score (nSPS) is 13.1. The fourth-order valence-corrected chi connectivity index (χ4v) is 13.1. The molecular formula is C70H39N3O3. The van der Waals surface area contributed by atoms with Gasteiger partial charge in [0.25, 0.3) is 0 Å². The molecule has 352 valence electrons. The molecule has 0 aliphatic heterocycles. The zero-order valence-corrected chi connectivity index (χ0v) is 40.6. The minimum atomic E-state index is -0.443. The molecule has 4 aromatic heterocycles. The first kappa shape index (κ1) is 41.3. The van der Waals surface area contributed by atoms with Crippen LogP contribution in [-0.4, -0.2) is 15.0 Å². The van der Waals surface area contributed by atoms with Gasteiger partial charge < -0.3 is 13.3 Å². The summed E-state index contributed by atoms with van der Waals surface area (Å²) in [6.45, 7) is 0. The molecule has 17 rings (SSSR count). The van der Waals surface area contributed by atoms with Crippen molar-refractivity contribution >= 4 is 65.8 Å². The van der Waals surface area contributed by atoms with Crippen molar-refractivity contribution in [3.05, 3.63) is 259 Å². The van der Waals surface area contributed by atoms with E-state index in [9.17, 15) is 0 Å². The van der Waals surface area contributed by atoms with Gasteiger partial charge in [0.1, 0.15) is 33.5 Å². The van der Waals surface area contributed by atoms with Gasteiger partial charge in [0.05, 0.1) is 11.0 Å². The molecule has 0 saturated carbocycles. The van der Waals surface area contributed by atoms with Crippen LogP contribution in [0.25, 0.3) is 144 Å². The Balaban J connectivity index is 0.825. The van der Waals surface area contributed by atoms with E-state index in [-0.39, 0.29) is 0 Å². The van der Waals surface area contributed by atoms with Gasteiger partial charge in [0.2, 0.25) is 0 Å². The summed E-state index contributed by atoms with van der Waals surface area (Å²) in [6.07, 6.45) is 0. The monoisotopic (exact) mass is 969 g/mol. The maximum Gasteiger partial charge on any atom is 0.167 e. The Morgan fingerprint density at radius 3 is 1.36 bits per heavy atom. The lowest BCUT2D eigenvalue weighted by Crippen LogP contribution is -2.26. The highest BCUT2D eigenvalue weighted by atomic mass is 16.3. The van der Waals surface area contributed by atoms with Crippen molar-refractivity contribution in [1.82, 2.24) is 15.0 Å². The summed E-state index contributed by atoms with van der Waals surface area (Å²) < 4.78 is 19.6. The summed E-state index contributed by atoms with van der Waals surface area (Å²) in [5, 5.41) is 5.86. The Morgan fingerprint density at radius 2 is 0.684 bits per heavy atom. The smallest absolute Gasteiger partial charge is 0.167 e. The van der Waals surface area contributed by atoms with E-state index in [2.05, 4.69) is 164 Å². The molecule has 0 unspecified atom stereocenters. The van der Waals surface area contributed by atoms with Crippen LogP contribution in [-0.2, 0) is 5.41 Å². The molecule has 1 spiro atoms. The topological polar surface area (TPSA) is 78.1 Å². The molecule has 6 heteroatoms. The highest BCUT2D eigenvalue weighted by Gasteiger charge is 2.52. The standard InChI is InChI=1S/C70H39N3O3/c1-6-26-55-44(15-1)45-16-2-7-27-56(45)70(55)57-28-8-3-17-46(57)48-21-11-20-43(65(48)70)41-35-33-40(34-36-41)42-37-38-60-54(39-42)64-52(24-14-32-62(64)75-60)68-71-67(51-23-13-31-61-63(51)50-19-5-10-30-59(50)74-61)72-69(73-68)53-25-12-22-49-47-18-4-9-29-58(47)76-66(49)53/h1-39H. The Labute approximate surface area is 434 Å². The predicted molar refractivity (Wildman–Crippen MR) is 305 cm³/mol. The molecule has 0 amide bonds. The van der Waals surface area contributed by atoms with Crippen molar-refractivity contribution in [2.24, 2.45) is 0 Å². The van der Waals surface area contributed by atoms with Crippen molar-refractivity contribution in [3.8, 4) is 78.7 Å². The summed E-state index contributed by atoms with van der Waals surface area (Å²) >= 11 is 0. The second-order valence-corrected chi connectivity index (χ2v) is 20.0. The van der Waals surface area contributed by atoms with Gasteiger partial charge in [-0.05, 0) is 109 Å². The summed E-state index contributed by atoms with van der Waals surface area (Å²) in [7, 11) is 0. The zero-order chi connectivity index (χ0) is 49.6. The summed E-state index contributed by atoms with van der Waals surface area (Å²) in [4.78, 5) is 16.0. The first-order valence-electron chi connectivity index (χ1n) is 25.7. The highest BCUT2D eigenvalue weighted by molar-refractivity contribution is 6.15. The molecule has 6 nitrogen and oxygen atoms in total. The van der Waals surface area contributed by atoms with Gasteiger partial charge in [0.15, 0.2) is 17.5 Å². The SMILES string of the molecule is c1ccc2c(c1)-c1ccccc1C21c2ccccc2-c2cccc(-c3ccc(-c4ccc5oc6cccc(-c7nc(-c8cccc9c8oc8ccccc89)nc(-c8cccc9oc%10ccccc%10c89)n7)c6c5c4)cc3)c21. The third-order valence-corrected chi connectivity index (χ3v) is 16.2. The lowest BCUT2D eigenvalue weighted by atomic mass is 9.68. The van der Waals surface area contributed by atoms with Gasteiger partial charge in [-0.15, -0.1) is 0 Å². The van der Waals surface area contributed by atoms with E-state index in [1.165, 1.54) is 55.6 Å². The van der Waals surface area contributed by atoms with Crippen LogP contribution in [0.3, 0.4) is 0 Å². The molecule has 0 saturated heterocycles. The van der Waals surface area contributed by atoms with Crippen LogP contribution in [0, 0.1) is 0 Å². The van der Waals surface area contributed by atoms with E-state index < -0.39 is 5.41 Å². The minimum absolute atomic E-state index is 0.443. The number of hydrogen-bond donors (Lipinski definition) is 0. The number of aromatic nitrogens is 3. The molecule has 0 bridgehead atoms. The molecule has 11 aromatic carbocycles. The van der Waals surface area contributed by atoms with Gasteiger partial charge in [0, 0.05) is 43.4 Å². The Hall–Kier alpha value is -10.2. The van der Waals surface area contributed by atoms with Crippen LogP contribution in [0.4, 0.5) is 0 Å². The van der Waals surface area contributed by atoms with Crippen molar-refractivity contribution in [3.63, 3.8) is 0 Å². The van der Waals surface area contributed by atoms with Gasteiger partial charge in [-0.25, -0.2) is 15.0 Å². The molecule has 0 radical (unpaired) electrons. The number of hydrogen-bond acceptors (Lipinski definition) is 6. The fourth-order valence-electron chi connectivity index (χ4n) is 13.1. The lowest BCUT2D eigenvalue weighted by molar-refractivity contribution is 0.668. The minimum Gasteiger partial charge on any atom is -0.456 e. The number of nitrogens with zero attached hydrogens (tertiary/aromatic N) is 3. The molecule has 15 aromatic rings. The van der Waals surface area contributed by atoms with Crippen molar-refractivity contribution in [2.45, 2.75) is 5.41 Å². The van der Waals surface area contributed by atoms with Crippen molar-refractivity contribution < 1.29 is 13.3 Å². The third-order valence-electron chi connectivity index (χ3n) is 16.2. The highest BCUT2D eigenvalue weighted by Crippen LogP contribution is 2.64. The zero-order valence-electron chi connectivity index (χ0n) is 40.6. The number of fused-ring (bicyclic) bond motifs is 19. The Kier molecular flexibility index (Phi) is 8.39. The Morgan fingerprint density at radius 1 is 0.263 bits per heavy atom. The second-order valence-electron chi connectivity index (χ2n) is 20.0. The van der Waals surface area contributed by atoms with E-state index in [1.807, 2.05) is 72.8 Å². The summed E-state index contributed by atoms with van der Waals surface area (Å²) in [6, 6.07) is 84.0. The molecule has 0 atom stereocenters. The number of furan rings is 3. The maximum absolute atomic E-state index is 6.67. The van der Waals surface area contributed by atoms with E-state index in [1.54, 1.807) is 0 Å². The second kappa shape index (κ2) is 15.4. The van der Waals surface area contributed by atoms with Crippen molar-refractivity contribution in [2.75, 3.05) is 0 Å². The fraction of sp³-hybridized carbons (Fsp3) is 0.0143. The quantitative estimate of drug-likeness (QED) is 0.171. The van der Waals surface area contributed by atoms with Gasteiger partial charge in [-0.2, -0.15) is 0 Å². The molecule has 2 aliphatic carbocycles. The first-order valence-corrected chi connectivity index (χ1v) is 25.7. The van der Waals surface area contributed by atoms with Crippen LogP contribution in [0.2, 0.25) is 0 Å². The molecule has 0 N–H and O–H groups in total. The van der Waals surface area contributed by atoms with E-state index in [0.29, 0.717) is 17.5 Å². The van der Waals surface area contributed by atoms with Crippen molar-refractivity contribution in [1.29, 1.82) is 0 Å². The lowest BCUT2D eigenvalue weighted by Gasteiger charge is -2.32. The molecule has 76 heavy (non-hydrogen) atoms. The Bertz CT molecular complexity index is 4900.